The van der Waals surface area contributed by atoms with E-state index in [0.29, 0.717) is 18.2 Å². The number of anilines is 3. The molecule has 2 aliphatic heterocycles. The Labute approximate surface area is 153 Å². The Bertz CT molecular complexity index is 1080. The van der Waals surface area contributed by atoms with Gasteiger partial charge < -0.3 is 15.0 Å². The third-order valence-corrected chi connectivity index (χ3v) is 5.06. The largest absolute Gasteiger partial charge is 0.477 e. The molecular formula is C18H16N6O3. The first-order chi connectivity index (χ1) is 13.1. The van der Waals surface area contributed by atoms with Gasteiger partial charge in [0.15, 0.2) is 11.5 Å². The number of nitrogens with one attached hydrogen (secondary N) is 2. The lowest BCUT2D eigenvalue weighted by Crippen LogP contribution is -2.48. The molecule has 3 aromatic heterocycles. The lowest BCUT2D eigenvalue weighted by atomic mass is 10.2. The summed E-state index contributed by atoms with van der Waals surface area (Å²) in [5.74, 6) is -0.307. The monoisotopic (exact) mass is 364 g/mol. The summed E-state index contributed by atoms with van der Waals surface area (Å²) in [5, 5.41) is 13.0. The lowest BCUT2D eigenvalue weighted by Gasteiger charge is -2.35. The highest BCUT2D eigenvalue weighted by molar-refractivity contribution is 6.05. The minimum Gasteiger partial charge on any atom is -0.477 e. The summed E-state index contributed by atoms with van der Waals surface area (Å²) in [6, 6.07) is 6.47. The first-order valence-corrected chi connectivity index (χ1v) is 8.63. The zero-order chi connectivity index (χ0) is 18.5. The number of nitrogens with zero attached hydrogens (tertiary/aromatic N) is 4. The fourth-order valence-electron chi connectivity index (χ4n) is 3.78. The van der Waals surface area contributed by atoms with E-state index in [9.17, 15) is 14.7 Å². The lowest BCUT2D eigenvalue weighted by molar-refractivity contribution is 0.0690. The van der Waals surface area contributed by atoms with Crippen molar-refractivity contribution in [2.45, 2.75) is 12.5 Å². The van der Waals surface area contributed by atoms with Gasteiger partial charge in [-0.05, 0) is 30.7 Å². The topological polar surface area (TPSA) is 114 Å². The van der Waals surface area contributed by atoms with Crippen LogP contribution in [0.1, 0.15) is 16.9 Å². The Morgan fingerprint density at radius 2 is 2.19 bits per heavy atom. The van der Waals surface area contributed by atoms with Crippen LogP contribution in [-0.2, 0) is 0 Å². The van der Waals surface area contributed by atoms with Crippen LogP contribution < -0.4 is 15.1 Å². The van der Waals surface area contributed by atoms with Crippen molar-refractivity contribution in [1.29, 1.82) is 0 Å². The van der Waals surface area contributed by atoms with E-state index < -0.39 is 5.97 Å². The van der Waals surface area contributed by atoms with Gasteiger partial charge in [-0.15, -0.1) is 0 Å². The van der Waals surface area contributed by atoms with Gasteiger partial charge in [0.05, 0.1) is 23.4 Å². The number of carboxylic acid groups (broad SMARTS) is 1. The van der Waals surface area contributed by atoms with Crippen LogP contribution in [0, 0.1) is 0 Å². The second-order valence-electron chi connectivity index (χ2n) is 6.67. The number of carboxylic acids is 1. The van der Waals surface area contributed by atoms with Crippen LogP contribution in [0.25, 0.3) is 10.9 Å². The summed E-state index contributed by atoms with van der Waals surface area (Å²) < 4.78 is 0. The molecule has 1 saturated heterocycles. The highest BCUT2D eigenvalue weighted by Gasteiger charge is 2.40. The van der Waals surface area contributed by atoms with Gasteiger partial charge in [0.2, 0.25) is 0 Å². The van der Waals surface area contributed by atoms with E-state index >= 15 is 0 Å². The number of carbonyl (C=O) groups is 2. The summed E-state index contributed by atoms with van der Waals surface area (Å²) in [7, 11) is 0. The van der Waals surface area contributed by atoms with Crippen LogP contribution in [0.15, 0.2) is 36.7 Å². The van der Waals surface area contributed by atoms with Gasteiger partial charge in [-0.3, -0.25) is 10.2 Å². The van der Waals surface area contributed by atoms with E-state index in [-0.39, 0.29) is 17.8 Å². The first kappa shape index (κ1) is 15.6. The van der Waals surface area contributed by atoms with Crippen molar-refractivity contribution in [3.05, 3.63) is 42.4 Å². The summed E-state index contributed by atoms with van der Waals surface area (Å²) in [6.07, 6.45) is 4.27. The maximum Gasteiger partial charge on any atom is 0.354 e. The van der Waals surface area contributed by atoms with Gasteiger partial charge in [0.25, 0.3) is 0 Å². The van der Waals surface area contributed by atoms with Crippen molar-refractivity contribution in [3.8, 4) is 0 Å². The minimum atomic E-state index is -1.12. The highest BCUT2D eigenvalue weighted by Crippen LogP contribution is 2.39. The molecule has 0 spiro atoms. The number of aromatic amines is 1. The average Bonchev–Trinajstić information content (AvgIpc) is 3.29. The van der Waals surface area contributed by atoms with Crippen molar-refractivity contribution in [3.63, 3.8) is 0 Å². The van der Waals surface area contributed by atoms with E-state index in [0.717, 1.165) is 29.6 Å². The van der Waals surface area contributed by atoms with E-state index in [1.807, 2.05) is 12.3 Å². The fourth-order valence-corrected chi connectivity index (χ4v) is 3.78. The molecule has 9 nitrogen and oxygen atoms in total. The van der Waals surface area contributed by atoms with Crippen LogP contribution in [0.2, 0.25) is 0 Å². The SMILES string of the molecule is O=C(O)c1ccc2c(n1)N(C(=O)Nc1cc3cc[nH]c3cn1)[C@H]1CCN2C1. The van der Waals surface area contributed by atoms with Crippen LogP contribution in [-0.4, -0.2) is 51.2 Å². The number of fused-ring (bicyclic) bond motifs is 5. The number of rotatable bonds is 2. The van der Waals surface area contributed by atoms with Crippen molar-refractivity contribution >= 4 is 40.2 Å². The molecule has 3 aromatic rings. The number of hydrogen-bond acceptors (Lipinski definition) is 5. The molecule has 0 radical (unpaired) electrons. The molecule has 5 rings (SSSR count). The van der Waals surface area contributed by atoms with Crippen molar-refractivity contribution in [1.82, 2.24) is 15.0 Å². The van der Waals surface area contributed by atoms with Gasteiger partial charge >= 0.3 is 12.0 Å². The van der Waals surface area contributed by atoms with Gasteiger partial charge in [0, 0.05) is 24.7 Å². The molecule has 0 aliphatic carbocycles. The van der Waals surface area contributed by atoms with E-state index in [1.165, 1.54) is 6.07 Å². The fraction of sp³-hybridized carbons (Fsp3) is 0.222. The standard InChI is InChI=1S/C18H16N6O3/c25-17(26)12-1-2-14-16(21-12)24(11-4-6-23(14)9-11)18(27)22-15-7-10-3-5-19-13(10)8-20-15/h1-3,5,7-8,11,19H,4,6,9H2,(H,25,26)(H,20,22,27)/t11-/m0/s1. The summed E-state index contributed by atoms with van der Waals surface area (Å²) in [5.41, 5.74) is 1.58. The third-order valence-electron chi connectivity index (χ3n) is 5.06. The number of hydrogen-bond donors (Lipinski definition) is 3. The van der Waals surface area contributed by atoms with Crippen LogP contribution in [0.5, 0.6) is 0 Å². The Balaban J connectivity index is 1.51. The minimum absolute atomic E-state index is 0.0509. The molecule has 1 fully saturated rings. The molecule has 0 unspecified atom stereocenters. The molecule has 9 heteroatoms. The van der Waals surface area contributed by atoms with Gasteiger partial charge in [-0.25, -0.2) is 19.6 Å². The summed E-state index contributed by atoms with van der Waals surface area (Å²) in [4.78, 5) is 39.6. The van der Waals surface area contributed by atoms with Crippen molar-refractivity contribution in [2.75, 3.05) is 28.2 Å². The van der Waals surface area contributed by atoms with Crippen molar-refractivity contribution in [2.24, 2.45) is 0 Å². The van der Waals surface area contributed by atoms with Gasteiger partial charge in [0.1, 0.15) is 5.82 Å². The van der Waals surface area contributed by atoms with Crippen molar-refractivity contribution < 1.29 is 14.7 Å². The molecular weight excluding hydrogens is 348 g/mol. The second kappa shape index (κ2) is 5.70. The van der Waals surface area contributed by atoms with Gasteiger partial charge in [-0.1, -0.05) is 0 Å². The molecule has 136 valence electrons. The molecule has 27 heavy (non-hydrogen) atoms. The third kappa shape index (κ3) is 2.47. The Morgan fingerprint density at radius 1 is 1.30 bits per heavy atom. The molecule has 0 aromatic carbocycles. The maximum absolute atomic E-state index is 13.0. The molecule has 5 heterocycles. The number of carbonyl (C=O) groups excluding carboxylic acids is 1. The number of aromatic carboxylic acids is 1. The Kier molecular flexibility index (Phi) is 3.30. The number of H-pyrrole nitrogens is 1. The normalized spacial score (nSPS) is 17.9. The quantitative estimate of drug-likeness (QED) is 0.643. The first-order valence-electron chi connectivity index (χ1n) is 8.63. The zero-order valence-corrected chi connectivity index (χ0v) is 14.2. The van der Waals surface area contributed by atoms with E-state index in [1.54, 1.807) is 23.2 Å². The average molecular weight is 364 g/mol. The molecule has 2 bridgehead atoms. The maximum atomic E-state index is 13.0. The summed E-state index contributed by atoms with van der Waals surface area (Å²) in [6.45, 7) is 1.52. The molecule has 2 amide bonds. The molecule has 2 aliphatic rings. The number of amides is 2. The molecule has 1 atom stereocenters. The van der Waals surface area contributed by atoms with E-state index in [2.05, 4.69) is 25.2 Å². The summed E-state index contributed by atoms with van der Waals surface area (Å²) >= 11 is 0. The second-order valence-corrected chi connectivity index (χ2v) is 6.67. The van der Waals surface area contributed by atoms with Crippen LogP contribution in [0.4, 0.5) is 22.1 Å². The molecule has 0 saturated carbocycles. The highest BCUT2D eigenvalue weighted by atomic mass is 16.4. The Hall–Kier alpha value is -3.62. The smallest absolute Gasteiger partial charge is 0.354 e. The van der Waals surface area contributed by atoms with E-state index in [4.69, 9.17) is 0 Å². The zero-order valence-electron chi connectivity index (χ0n) is 14.2. The molecule has 3 N–H and O–H groups in total. The Morgan fingerprint density at radius 3 is 3.04 bits per heavy atom. The number of urea groups is 1. The van der Waals surface area contributed by atoms with Gasteiger partial charge in [-0.2, -0.15) is 0 Å². The predicted octanol–water partition coefficient (Wildman–Crippen LogP) is 2.29. The number of aromatic nitrogens is 3. The van der Waals surface area contributed by atoms with Crippen LogP contribution >= 0.6 is 0 Å². The van der Waals surface area contributed by atoms with Crippen LogP contribution in [0.3, 0.4) is 0 Å². The predicted molar refractivity (Wildman–Crippen MR) is 99.4 cm³/mol. The number of pyridine rings is 2.